The van der Waals surface area contributed by atoms with Gasteiger partial charge in [-0.15, -0.1) is 0 Å². The standard InChI is InChI=1S/C38H47N7O6/c1-3-30-28(35(42-25-16-19-50-20-17-25)29-23-41-45(4-2)37(29)43-30)22-40-38(49)24-10-15-34(39-21-24)51-18-8-6-5-7-9-31(46)26-11-13-32(47)36-27(26)12-14-33(48)44-36/h10-15,21,23,25,31,46-47H,3-9,16-20,22H2,1-2H3,(H,40,49)(H,42,43)(H,44,48)/t31-/m0/s1. The maximum absolute atomic E-state index is 13.2. The monoisotopic (exact) mass is 697 g/mol. The fourth-order valence-electron chi connectivity index (χ4n) is 6.65. The number of hydrogen-bond acceptors (Lipinski definition) is 10. The SMILES string of the molecule is CCc1nc2c(cnn2CC)c(NC2CCOCC2)c1CNC(=O)c1ccc(OCCCCCC[C@H](O)c2ccc(O)c3[nH]c(=O)ccc23)nc1. The summed E-state index contributed by atoms with van der Waals surface area (Å²) >= 11 is 0. The molecule has 13 nitrogen and oxygen atoms in total. The van der Waals surface area contributed by atoms with Gasteiger partial charge in [0, 0.05) is 67.3 Å². The Morgan fingerprint density at radius 1 is 1.06 bits per heavy atom. The van der Waals surface area contributed by atoms with E-state index in [4.69, 9.17) is 14.5 Å². The molecule has 1 aromatic carbocycles. The van der Waals surface area contributed by atoms with Crippen LogP contribution in [0.1, 0.15) is 92.1 Å². The van der Waals surface area contributed by atoms with Gasteiger partial charge in [0.1, 0.15) is 5.75 Å². The van der Waals surface area contributed by atoms with Crippen molar-refractivity contribution in [1.82, 2.24) is 30.0 Å². The van der Waals surface area contributed by atoms with E-state index in [1.165, 1.54) is 18.3 Å². The molecule has 5 N–H and O–H groups in total. The summed E-state index contributed by atoms with van der Waals surface area (Å²) in [6, 6.07) is 9.91. The number of phenols is 1. The highest BCUT2D eigenvalue weighted by atomic mass is 16.5. The molecule has 0 saturated carbocycles. The number of pyridine rings is 3. The van der Waals surface area contributed by atoms with E-state index in [1.54, 1.807) is 24.3 Å². The van der Waals surface area contributed by atoms with Crippen molar-refractivity contribution in [2.75, 3.05) is 25.1 Å². The van der Waals surface area contributed by atoms with Gasteiger partial charge < -0.3 is 35.3 Å². The molecule has 1 saturated heterocycles. The Kier molecular flexibility index (Phi) is 11.8. The fraction of sp³-hybridized carbons (Fsp3) is 0.447. The lowest BCUT2D eigenvalue weighted by Gasteiger charge is -2.26. The van der Waals surface area contributed by atoms with Crippen LogP contribution in [0.2, 0.25) is 0 Å². The molecule has 5 heterocycles. The minimum Gasteiger partial charge on any atom is -0.506 e. The smallest absolute Gasteiger partial charge is 0.253 e. The molecule has 6 rings (SSSR count). The number of nitrogens with one attached hydrogen (secondary N) is 3. The van der Waals surface area contributed by atoms with Crippen molar-refractivity contribution in [2.24, 2.45) is 0 Å². The number of hydrogen-bond donors (Lipinski definition) is 5. The molecule has 270 valence electrons. The van der Waals surface area contributed by atoms with Gasteiger partial charge in [-0.25, -0.2) is 14.6 Å². The van der Waals surface area contributed by atoms with E-state index in [1.807, 2.05) is 10.9 Å². The number of aliphatic hydroxyl groups is 1. The second-order valence-electron chi connectivity index (χ2n) is 12.9. The quantitative estimate of drug-likeness (QED) is 0.0823. The third-order valence-corrected chi connectivity index (χ3v) is 9.49. The Morgan fingerprint density at radius 3 is 2.65 bits per heavy atom. The molecule has 0 aliphatic carbocycles. The Hall–Kier alpha value is -5.01. The summed E-state index contributed by atoms with van der Waals surface area (Å²) in [6.45, 7) is 7.09. The normalized spacial score (nSPS) is 14.2. The lowest BCUT2D eigenvalue weighted by atomic mass is 9.98. The van der Waals surface area contributed by atoms with Crippen LogP contribution in [-0.4, -0.2) is 66.7 Å². The van der Waals surface area contributed by atoms with Crippen LogP contribution in [0.5, 0.6) is 11.6 Å². The van der Waals surface area contributed by atoms with Gasteiger partial charge in [0.05, 0.1) is 41.1 Å². The Morgan fingerprint density at radius 2 is 1.88 bits per heavy atom. The van der Waals surface area contributed by atoms with E-state index in [0.29, 0.717) is 47.5 Å². The summed E-state index contributed by atoms with van der Waals surface area (Å²) in [4.78, 5) is 36.8. The van der Waals surface area contributed by atoms with E-state index in [0.717, 1.165) is 92.7 Å². The number of unbranched alkanes of at least 4 members (excludes halogenated alkanes) is 3. The summed E-state index contributed by atoms with van der Waals surface area (Å²) in [5.41, 5.74) is 4.87. The first-order chi connectivity index (χ1) is 24.9. The van der Waals surface area contributed by atoms with Crippen LogP contribution < -0.4 is 20.9 Å². The predicted octanol–water partition coefficient (Wildman–Crippen LogP) is 5.54. The Labute approximate surface area is 296 Å². The second kappa shape index (κ2) is 16.8. The molecule has 1 aliphatic rings. The number of phenolic OH excluding ortho intramolecular Hbond substituents is 1. The molecule has 1 atom stereocenters. The third kappa shape index (κ3) is 8.49. The molecule has 0 spiro atoms. The number of fused-ring (bicyclic) bond motifs is 2. The fourth-order valence-corrected chi connectivity index (χ4v) is 6.65. The van der Waals surface area contributed by atoms with Crippen LogP contribution in [0, 0.1) is 0 Å². The molecule has 1 aliphatic heterocycles. The molecular formula is C38H47N7O6. The van der Waals surface area contributed by atoms with E-state index in [9.17, 15) is 19.8 Å². The zero-order valence-electron chi connectivity index (χ0n) is 29.3. The van der Waals surface area contributed by atoms with Crippen LogP contribution in [0.3, 0.4) is 0 Å². The van der Waals surface area contributed by atoms with Gasteiger partial charge in [0.25, 0.3) is 5.91 Å². The second-order valence-corrected chi connectivity index (χ2v) is 12.9. The summed E-state index contributed by atoms with van der Waals surface area (Å²) < 4.78 is 13.3. The minimum atomic E-state index is -0.703. The van der Waals surface area contributed by atoms with Crippen molar-refractivity contribution in [3.05, 3.63) is 81.5 Å². The number of amides is 1. The first-order valence-electron chi connectivity index (χ1n) is 18.0. The number of aliphatic hydroxyl groups excluding tert-OH is 1. The topological polar surface area (TPSA) is 177 Å². The van der Waals surface area contributed by atoms with Crippen molar-refractivity contribution in [3.8, 4) is 11.6 Å². The molecule has 0 unspecified atom stereocenters. The number of carbonyl (C=O) groups is 1. The molecule has 13 heteroatoms. The van der Waals surface area contributed by atoms with E-state index in [2.05, 4.69) is 39.5 Å². The zero-order chi connectivity index (χ0) is 35.7. The van der Waals surface area contributed by atoms with Crippen molar-refractivity contribution in [1.29, 1.82) is 0 Å². The number of aromatic nitrogens is 5. The molecule has 4 aromatic heterocycles. The molecule has 51 heavy (non-hydrogen) atoms. The highest BCUT2D eigenvalue weighted by Crippen LogP contribution is 2.32. The number of aromatic amines is 1. The average molecular weight is 698 g/mol. The Balaban J connectivity index is 0.975. The first kappa shape index (κ1) is 35.8. The molecule has 1 amide bonds. The molecule has 1 fully saturated rings. The van der Waals surface area contributed by atoms with Crippen molar-refractivity contribution >= 4 is 33.5 Å². The maximum Gasteiger partial charge on any atom is 0.253 e. The number of H-pyrrole nitrogens is 1. The lowest BCUT2D eigenvalue weighted by molar-refractivity contribution is 0.0904. The van der Waals surface area contributed by atoms with E-state index in [-0.39, 0.29) is 23.3 Å². The summed E-state index contributed by atoms with van der Waals surface area (Å²) in [6.07, 6.45) is 9.26. The number of nitrogens with zero attached hydrogens (tertiary/aromatic N) is 4. The molecule has 0 bridgehead atoms. The van der Waals surface area contributed by atoms with Crippen LogP contribution >= 0.6 is 0 Å². The van der Waals surface area contributed by atoms with Crippen LogP contribution in [0.15, 0.2) is 53.6 Å². The van der Waals surface area contributed by atoms with Gasteiger partial charge in [-0.3, -0.25) is 9.59 Å². The summed E-state index contributed by atoms with van der Waals surface area (Å²) in [5.74, 6) is 0.207. The van der Waals surface area contributed by atoms with Gasteiger partial charge in [-0.05, 0) is 62.8 Å². The van der Waals surface area contributed by atoms with Gasteiger partial charge >= 0.3 is 0 Å². The van der Waals surface area contributed by atoms with Gasteiger partial charge in [-0.1, -0.05) is 32.3 Å². The van der Waals surface area contributed by atoms with Crippen LogP contribution in [-0.2, 0) is 24.2 Å². The van der Waals surface area contributed by atoms with Crippen LogP contribution in [0.25, 0.3) is 21.9 Å². The maximum atomic E-state index is 13.2. The number of ether oxygens (including phenoxy) is 2. The molecular weight excluding hydrogens is 650 g/mol. The van der Waals surface area contributed by atoms with Gasteiger partial charge in [-0.2, -0.15) is 5.10 Å². The van der Waals surface area contributed by atoms with Crippen molar-refractivity contribution in [2.45, 2.75) is 90.4 Å². The van der Waals surface area contributed by atoms with E-state index < -0.39 is 6.10 Å². The number of carbonyl (C=O) groups excluding carboxylic acids is 1. The largest absolute Gasteiger partial charge is 0.506 e. The lowest BCUT2D eigenvalue weighted by Crippen LogP contribution is -2.30. The Bertz CT molecular complexity index is 2000. The number of aryl methyl sites for hydroxylation is 2. The zero-order valence-corrected chi connectivity index (χ0v) is 29.3. The van der Waals surface area contributed by atoms with E-state index >= 15 is 0 Å². The van der Waals surface area contributed by atoms with Gasteiger partial charge in [0.2, 0.25) is 11.4 Å². The van der Waals surface area contributed by atoms with Crippen LogP contribution in [0.4, 0.5) is 5.69 Å². The highest BCUT2D eigenvalue weighted by molar-refractivity contribution is 5.95. The predicted molar refractivity (Wildman–Crippen MR) is 195 cm³/mol. The third-order valence-electron chi connectivity index (χ3n) is 9.49. The average Bonchev–Trinajstić information content (AvgIpc) is 3.57. The first-order valence-corrected chi connectivity index (χ1v) is 18.0. The number of rotatable bonds is 16. The number of aromatic hydroxyl groups is 1. The minimum absolute atomic E-state index is 0.0207. The highest BCUT2D eigenvalue weighted by Gasteiger charge is 2.22. The van der Waals surface area contributed by atoms with Crippen molar-refractivity contribution in [3.63, 3.8) is 0 Å². The molecule has 0 radical (unpaired) electrons. The van der Waals surface area contributed by atoms with Crippen molar-refractivity contribution < 1.29 is 24.5 Å². The summed E-state index contributed by atoms with van der Waals surface area (Å²) in [7, 11) is 0. The van der Waals surface area contributed by atoms with Gasteiger partial charge in [0.15, 0.2) is 5.65 Å². The summed E-state index contributed by atoms with van der Waals surface area (Å²) in [5, 5.41) is 33.8. The number of anilines is 1. The number of benzene rings is 1. The molecule has 5 aromatic rings.